The lowest BCUT2D eigenvalue weighted by molar-refractivity contribution is -0.0261. The fourth-order valence-electron chi connectivity index (χ4n) is 3.37. The highest BCUT2D eigenvalue weighted by atomic mass is 35.5. The zero-order valence-corrected chi connectivity index (χ0v) is 15.0. The van der Waals surface area contributed by atoms with E-state index in [9.17, 15) is 5.11 Å². The first-order valence-electron chi connectivity index (χ1n) is 8.75. The number of hydrogen-bond acceptors (Lipinski definition) is 3. The molecule has 4 nitrogen and oxygen atoms in total. The molecule has 3 rings (SSSR count). The smallest absolute Gasteiger partial charge is 0.0920 e. The molecule has 1 N–H and O–H groups in total. The zero-order valence-electron chi connectivity index (χ0n) is 14.3. The van der Waals surface area contributed by atoms with Crippen LogP contribution in [0, 0.1) is 6.92 Å². The summed E-state index contributed by atoms with van der Waals surface area (Å²) in [6, 6.07) is 8.31. The van der Waals surface area contributed by atoms with E-state index in [1.807, 2.05) is 10.9 Å². The summed E-state index contributed by atoms with van der Waals surface area (Å²) in [7, 11) is 0. The molecule has 1 aromatic carbocycles. The summed E-state index contributed by atoms with van der Waals surface area (Å²) in [5, 5.41) is 15.8. The molecule has 1 aliphatic rings. The molecule has 0 atom stereocenters. The molecular weight excluding hydrogens is 322 g/mol. The Bertz CT molecular complexity index is 645. The number of nitrogens with zero attached hydrogens (tertiary/aromatic N) is 3. The van der Waals surface area contributed by atoms with Crippen molar-refractivity contribution in [2.24, 2.45) is 0 Å². The van der Waals surface area contributed by atoms with Crippen molar-refractivity contribution in [2.45, 2.75) is 44.8 Å². The first-order chi connectivity index (χ1) is 11.5. The fraction of sp³-hybridized carbons (Fsp3) is 0.526. The van der Waals surface area contributed by atoms with Crippen LogP contribution in [-0.4, -0.2) is 39.4 Å². The van der Waals surface area contributed by atoms with Gasteiger partial charge in [-0.3, -0.25) is 4.68 Å². The van der Waals surface area contributed by atoms with Gasteiger partial charge < -0.3 is 10.0 Å². The molecule has 1 fully saturated rings. The normalized spacial score (nSPS) is 18.0. The van der Waals surface area contributed by atoms with E-state index in [4.69, 9.17) is 11.6 Å². The van der Waals surface area contributed by atoms with Gasteiger partial charge in [0.1, 0.15) is 0 Å². The van der Waals surface area contributed by atoms with Crippen molar-refractivity contribution in [3.63, 3.8) is 0 Å². The van der Waals surface area contributed by atoms with Crippen LogP contribution in [0.1, 0.15) is 36.8 Å². The monoisotopic (exact) mass is 347 g/mol. The van der Waals surface area contributed by atoms with Crippen molar-refractivity contribution in [1.29, 1.82) is 0 Å². The summed E-state index contributed by atoms with van der Waals surface area (Å²) < 4.78 is 1.90. The molecule has 2 aromatic rings. The summed E-state index contributed by atoms with van der Waals surface area (Å²) in [5.41, 5.74) is 1.64. The third kappa shape index (κ3) is 4.38. The van der Waals surface area contributed by atoms with Gasteiger partial charge in [0, 0.05) is 25.8 Å². The third-order valence-electron chi connectivity index (χ3n) is 4.99. The molecule has 24 heavy (non-hydrogen) atoms. The summed E-state index contributed by atoms with van der Waals surface area (Å²) in [5.74, 6) is 0. The minimum atomic E-state index is -0.657. The lowest BCUT2D eigenvalue weighted by Crippen LogP contribution is -2.42. The van der Waals surface area contributed by atoms with Gasteiger partial charge in [-0.05, 0) is 44.7 Å². The number of rotatable bonds is 6. The van der Waals surface area contributed by atoms with E-state index in [2.05, 4.69) is 41.2 Å². The van der Waals surface area contributed by atoms with Crippen molar-refractivity contribution in [3.8, 4) is 0 Å². The van der Waals surface area contributed by atoms with Crippen LogP contribution in [-0.2, 0) is 12.1 Å². The Labute approximate surface area is 149 Å². The van der Waals surface area contributed by atoms with Gasteiger partial charge in [-0.1, -0.05) is 41.4 Å². The number of aryl methyl sites for hydroxylation is 2. The number of piperidine rings is 1. The zero-order chi connectivity index (χ0) is 17.0. The Morgan fingerprint density at radius 2 is 1.79 bits per heavy atom. The fourth-order valence-corrected chi connectivity index (χ4v) is 3.53. The van der Waals surface area contributed by atoms with Crippen LogP contribution in [0.3, 0.4) is 0 Å². The van der Waals surface area contributed by atoms with E-state index in [1.54, 1.807) is 6.20 Å². The molecule has 0 amide bonds. The Morgan fingerprint density at radius 1 is 1.12 bits per heavy atom. The highest BCUT2D eigenvalue weighted by Crippen LogP contribution is 2.32. The summed E-state index contributed by atoms with van der Waals surface area (Å²) in [6.07, 6.45) is 7.40. The lowest BCUT2D eigenvalue weighted by Gasteiger charge is -2.38. The number of aromatic nitrogens is 2. The molecule has 0 radical (unpaired) electrons. The first kappa shape index (κ1) is 17.5. The van der Waals surface area contributed by atoms with Crippen molar-refractivity contribution >= 4 is 11.6 Å². The van der Waals surface area contributed by atoms with Gasteiger partial charge in [0.25, 0.3) is 0 Å². The molecule has 5 heteroatoms. The van der Waals surface area contributed by atoms with E-state index in [0.717, 1.165) is 57.4 Å². The molecule has 0 spiro atoms. The predicted molar refractivity (Wildman–Crippen MR) is 97.2 cm³/mol. The maximum absolute atomic E-state index is 10.9. The van der Waals surface area contributed by atoms with Gasteiger partial charge >= 0.3 is 0 Å². The molecule has 0 unspecified atom stereocenters. The molecule has 1 aromatic heterocycles. The average molecular weight is 348 g/mol. The Balaban J connectivity index is 1.41. The van der Waals surface area contributed by atoms with Crippen molar-refractivity contribution in [3.05, 3.63) is 52.8 Å². The van der Waals surface area contributed by atoms with Crippen LogP contribution in [0.2, 0.25) is 5.02 Å². The maximum atomic E-state index is 10.9. The van der Waals surface area contributed by atoms with Crippen LogP contribution >= 0.6 is 11.6 Å². The Hall–Kier alpha value is -1.36. The summed E-state index contributed by atoms with van der Waals surface area (Å²) in [6.45, 7) is 5.98. The largest absolute Gasteiger partial charge is 0.385 e. The van der Waals surface area contributed by atoms with Crippen molar-refractivity contribution in [2.75, 3.05) is 19.6 Å². The second-order valence-corrected chi connectivity index (χ2v) is 7.30. The van der Waals surface area contributed by atoms with Crippen LogP contribution in [0.4, 0.5) is 0 Å². The van der Waals surface area contributed by atoms with Crippen LogP contribution in [0.15, 0.2) is 36.7 Å². The van der Waals surface area contributed by atoms with Gasteiger partial charge in [-0.2, -0.15) is 5.10 Å². The predicted octanol–water partition coefficient (Wildman–Crippen LogP) is 3.61. The minimum absolute atomic E-state index is 0.657. The van der Waals surface area contributed by atoms with Gasteiger partial charge in [0.2, 0.25) is 0 Å². The van der Waals surface area contributed by atoms with E-state index >= 15 is 0 Å². The average Bonchev–Trinajstić information content (AvgIpc) is 2.99. The molecule has 130 valence electrons. The van der Waals surface area contributed by atoms with Gasteiger partial charge in [-0.15, -0.1) is 0 Å². The summed E-state index contributed by atoms with van der Waals surface area (Å²) in [4.78, 5) is 2.46. The van der Waals surface area contributed by atoms with Crippen LogP contribution in [0.25, 0.3) is 0 Å². The molecule has 0 bridgehead atoms. The van der Waals surface area contributed by atoms with Gasteiger partial charge in [-0.25, -0.2) is 0 Å². The quantitative estimate of drug-likeness (QED) is 0.811. The molecule has 0 aliphatic carbocycles. The highest BCUT2D eigenvalue weighted by molar-refractivity contribution is 6.30. The maximum Gasteiger partial charge on any atom is 0.0920 e. The topological polar surface area (TPSA) is 41.3 Å². The van der Waals surface area contributed by atoms with Gasteiger partial charge in [0.05, 0.1) is 16.8 Å². The van der Waals surface area contributed by atoms with E-state index in [1.165, 1.54) is 5.56 Å². The molecule has 1 saturated heterocycles. The standard InChI is InChI=1S/C19H26ClN3O/c1-16-4-6-17(7-5-16)19(24)8-12-22(13-9-19)10-2-3-11-23-15-18(20)14-21-23/h4-7,14-15,24H,2-3,8-13H2,1H3. The van der Waals surface area contributed by atoms with E-state index in [-0.39, 0.29) is 0 Å². The number of aliphatic hydroxyl groups is 1. The van der Waals surface area contributed by atoms with Crippen molar-refractivity contribution < 1.29 is 5.11 Å². The molecular formula is C19H26ClN3O. The second-order valence-electron chi connectivity index (χ2n) is 6.87. The number of hydrogen-bond donors (Lipinski definition) is 1. The van der Waals surface area contributed by atoms with Crippen LogP contribution < -0.4 is 0 Å². The van der Waals surface area contributed by atoms with Crippen LogP contribution in [0.5, 0.6) is 0 Å². The third-order valence-corrected chi connectivity index (χ3v) is 5.18. The minimum Gasteiger partial charge on any atom is -0.385 e. The number of likely N-dealkylation sites (tertiary alicyclic amines) is 1. The second kappa shape index (κ2) is 7.68. The molecule has 1 aliphatic heterocycles. The lowest BCUT2D eigenvalue weighted by atomic mass is 9.84. The SMILES string of the molecule is Cc1ccc(C2(O)CCN(CCCCn3cc(Cl)cn3)CC2)cc1. The Kier molecular flexibility index (Phi) is 5.59. The number of halogens is 1. The van der Waals surface area contributed by atoms with E-state index in [0.29, 0.717) is 5.02 Å². The number of benzene rings is 1. The Morgan fingerprint density at radius 3 is 2.42 bits per heavy atom. The van der Waals surface area contributed by atoms with E-state index < -0.39 is 5.60 Å². The van der Waals surface area contributed by atoms with Crippen molar-refractivity contribution in [1.82, 2.24) is 14.7 Å². The highest BCUT2D eigenvalue weighted by Gasteiger charge is 2.33. The summed E-state index contributed by atoms with van der Waals surface area (Å²) >= 11 is 5.87. The first-order valence-corrected chi connectivity index (χ1v) is 9.13. The van der Waals surface area contributed by atoms with Gasteiger partial charge in [0.15, 0.2) is 0 Å². The molecule has 0 saturated carbocycles. The number of unbranched alkanes of at least 4 members (excludes halogenated alkanes) is 1. The molecule has 2 heterocycles.